The van der Waals surface area contributed by atoms with Crippen molar-refractivity contribution in [1.29, 1.82) is 0 Å². The first kappa shape index (κ1) is 14.5. The molecule has 0 N–H and O–H groups in total. The second-order valence-corrected chi connectivity index (χ2v) is 6.90. The molecule has 0 aromatic heterocycles. The van der Waals surface area contributed by atoms with Crippen LogP contribution in [0.25, 0.3) is 0 Å². The van der Waals surface area contributed by atoms with Crippen molar-refractivity contribution in [3.8, 4) is 0 Å². The maximum absolute atomic E-state index is 12.9. The molecule has 4 rings (SSSR count). The van der Waals surface area contributed by atoms with Gasteiger partial charge in [-0.25, -0.2) is 0 Å². The molecule has 2 aliphatic rings. The maximum Gasteiger partial charge on any atom is 0.256 e. The van der Waals surface area contributed by atoms with Gasteiger partial charge < -0.3 is 4.90 Å². The number of rotatable bonds is 3. The minimum atomic E-state index is 0.0892. The molecule has 3 nitrogen and oxygen atoms in total. The van der Waals surface area contributed by atoms with E-state index in [1.165, 1.54) is 5.56 Å². The predicted octanol–water partition coefficient (Wildman–Crippen LogP) is 3.68. The van der Waals surface area contributed by atoms with Gasteiger partial charge in [0.2, 0.25) is 0 Å². The minimum Gasteiger partial charge on any atom is -0.314 e. The molecule has 2 aliphatic heterocycles. The number of fused-ring (bicyclic) bond motifs is 3. The number of hydrogen-bond acceptors (Lipinski definition) is 2. The van der Waals surface area contributed by atoms with Crippen LogP contribution in [0.4, 0.5) is 0 Å². The molecular formula is C20H22N2O. The van der Waals surface area contributed by atoms with Crippen molar-refractivity contribution < 1.29 is 4.79 Å². The fourth-order valence-electron chi connectivity index (χ4n) is 3.95. The van der Waals surface area contributed by atoms with E-state index in [0.717, 1.165) is 24.2 Å². The average molecular weight is 306 g/mol. The molecule has 3 heteroatoms. The zero-order valence-corrected chi connectivity index (χ0v) is 13.6. The molecule has 1 saturated heterocycles. The summed E-state index contributed by atoms with van der Waals surface area (Å²) in [5.74, 6) is 0.649. The Hall–Kier alpha value is -2.13. The Kier molecular flexibility index (Phi) is 3.46. The van der Waals surface area contributed by atoms with Crippen LogP contribution in [0.2, 0.25) is 0 Å². The first-order valence-electron chi connectivity index (χ1n) is 8.36. The summed E-state index contributed by atoms with van der Waals surface area (Å²) in [5.41, 5.74) is 3.34. The molecule has 2 aromatic carbocycles. The Morgan fingerprint density at radius 1 is 1.04 bits per heavy atom. The zero-order chi connectivity index (χ0) is 16.0. The Labute approximate surface area is 137 Å². The van der Waals surface area contributed by atoms with E-state index in [9.17, 15) is 4.79 Å². The summed E-state index contributed by atoms with van der Waals surface area (Å²) in [4.78, 5) is 17.4. The average Bonchev–Trinajstić information content (AvgIpc) is 3.07. The van der Waals surface area contributed by atoms with Gasteiger partial charge in [0.1, 0.15) is 6.17 Å². The number of amides is 1. The van der Waals surface area contributed by atoms with Gasteiger partial charge in [-0.2, -0.15) is 0 Å². The summed E-state index contributed by atoms with van der Waals surface area (Å²) in [6.45, 7) is 6.25. The summed E-state index contributed by atoms with van der Waals surface area (Å²) >= 11 is 0. The highest BCUT2D eigenvalue weighted by Gasteiger charge is 2.49. The van der Waals surface area contributed by atoms with E-state index in [-0.39, 0.29) is 18.1 Å². The van der Waals surface area contributed by atoms with Crippen molar-refractivity contribution >= 4 is 5.91 Å². The molecule has 2 aromatic rings. The monoisotopic (exact) mass is 306 g/mol. The lowest BCUT2D eigenvalue weighted by Gasteiger charge is -2.27. The van der Waals surface area contributed by atoms with Crippen LogP contribution in [0.1, 0.15) is 41.5 Å². The van der Waals surface area contributed by atoms with Crippen LogP contribution in [-0.4, -0.2) is 28.3 Å². The summed E-state index contributed by atoms with van der Waals surface area (Å²) in [5, 5.41) is 0. The molecule has 2 heterocycles. The van der Waals surface area contributed by atoms with Gasteiger partial charge in [-0.1, -0.05) is 62.4 Å². The quantitative estimate of drug-likeness (QED) is 0.863. The molecule has 118 valence electrons. The Morgan fingerprint density at radius 2 is 1.74 bits per heavy atom. The van der Waals surface area contributed by atoms with Crippen LogP contribution in [0.5, 0.6) is 0 Å². The van der Waals surface area contributed by atoms with E-state index < -0.39 is 0 Å². The SMILES string of the molecule is CC(C)[C@@H]1CN(Cc2ccccc2)[C@@H]2c3ccccc3C(=O)N12. The molecule has 0 bridgehead atoms. The third-order valence-corrected chi connectivity index (χ3v) is 5.09. The molecule has 23 heavy (non-hydrogen) atoms. The number of benzene rings is 2. The molecule has 1 amide bonds. The highest BCUT2D eigenvalue weighted by Crippen LogP contribution is 2.44. The van der Waals surface area contributed by atoms with Crippen molar-refractivity contribution in [3.63, 3.8) is 0 Å². The molecule has 0 spiro atoms. The summed E-state index contributed by atoms with van der Waals surface area (Å²) < 4.78 is 0. The first-order valence-corrected chi connectivity index (χ1v) is 8.36. The highest BCUT2D eigenvalue weighted by atomic mass is 16.2. The molecule has 2 atom stereocenters. The van der Waals surface area contributed by atoms with Crippen LogP contribution in [-0.2, 0) is 6.54 Å². The van der Waals surface area contributed by atoms with Crippen LogP contribution < -0.4 is 0 Å². The summed E-state index contributed by atoms with van der Waals surface area (Å²) in [6.07, 6.45) is 0.0892. The van der Waals surface area contributed by atoms with E-state index in [1.807, 2.05) is 24.3 Å². The van der Waals surface area contributed by atoms with Crippen molar-refractivity contribution in [2.75, 3.05) is 6.54 Å². The van der Waals surface area contributed by atoms with Gasteiger partial charge in [0, 0.05) is 30.3 Å². The van der Waals surface area contributed by atoms with Crippen LogP contribution >= 0.6 is 0 Å². The lowest BCUT2D eigenvalue weighted by Crippen LogP contribution is -2.37. The second-order valence-electron chi connectivity index (χ2n) is 6.90. The van der Waals surface area contributed by atoms with Crippen LogP contribution in [0, 0.1) is 5.92 Å². The number of carbonyl (C=O) groups excluding carboxylic acids is 1. The smallest absolute Gasteiger partial charge is 0.256 e. The van der Waals surface area contributed by atoms with Gasteiger partial charge >= 0.3 is 0 Å². The van der Waals surface area contributed by atoms with Gasteiger partial charge in [0.25, 0.3) is 5.91 Å². The molecule has 1 fully saturated rings. The van der Waals surface area contributed by atoms with E-state index in [0.29, 0.717) is 5.92 Å². The van der Waals surface area contributed by atoms with Gasteiger partial charge in [0.15, 0.2) is 0 Å². The highest BCUT2D eigenvalue weighted by molar-refractivity contribution is 5.99. The van der Waals surface area contributed by atoms with Crippen molar-refractivity contribution in [2.24, 2.45) is 5.92 Å². The largest absolute Gasteiger partial charge is 0.314 e. The predicted molar refractivity (Wildman–Crippen MR) is 90.8 cm³/mol. The molecule has 0 saturated carbocycles. The summed E-state index contributed by atoms with van der Waals surface area (Å²) in [6, 6.07) is 18.9. The molecule has 0 aliphatic carbocycles. The van der Waals surface area contributed by atoms with Gasteiger partial charge in [0.05, 0.1) is 0 Å². The van der Waals surface area contributed by atoms with Gasteiger partial charge in [-0.05, 0) is 17.5 Å². The zero-order valence-electron chi connectivity index (χ0n) is 13.6. The fourth-order valence-corrected chi connectivity index (χ4v) is 3.95. The van der Waals surface area contributed by atoms with E-state index >= 15 is 0 Å². The minimum absolute atomic E-state index is 0.0892. The van der Waals surface area contributed by atoms with Crippen LogP contribution in [0.15, 0.2) is 54.6 Å². The van der Waals surface area contributed by atoms with E-state index in [4.69, 9.17) is 0 Å². The van der Waals surface area contributed by atoms with Crippen molar-refractivity contribution in [3.05, 3.63) is 71.3 Å². The Bertz CT molecular complexity index is 725. The standard InChI is InChI=1S/C20H22N2O/c1-14(2)18-13-21(12-15-8-4-3-5-9-15)19-16-10-6-7-11-17(16)20(23)22(18)19/h3-11,14,18-19H,12-13H2,1-2H3/t18-,19-/m0/s1. The third-order valence-electron chi connectivity index (χ3n) is 5.09. The Morgan fingerprint density at radius 3 is 2.48 bits per heavy atom. The molecule has 0 unspecified atom stereocenters. The van der Waals surface area contributed by atoms with E-state index in [2.05, 4.69) is 54.0 Å². The second kappa shape index (κ2) is 5.50. The summed E-state index contributed by atoms with van der Waals surface area (Å²) in [7, 11) is 0. The lowest BCUT2D eigenvalue weighted by molar-refractivity contribution is 0.0604. The van der Waals surface area contributed by atoms with Gasteiger partial charge in [-0.3, -0.25) is 9.69 Å². The van der Waals surface area contributed by atoms with Crippen molar-refractivity contribution in [1.82, 2.24) is 9.80 Å². The van der Waals surface area contributed by atoms with E-state index in [1.54, 1.807) is 0 Å². The maximum atomic E-state index is 12.9. The number of nitrogens with zero attached hydrogens (tertiary/aromatic N) is 2. The number of hydrogen-bond donors (Lipinski definition) is 0. The molecule has 0 radical (unpaired) electrons. The molecular weight excluding hydrogens is 284 g/mol. The van der Waals surface area contributed by atoms with Crippen LogP contribution in [0.3, 0.4) is 0 Å². The Balaban J connectivity index is 1.72. The fraction of sp³-hybridized carbons (Fsp3) is 0.350. The normalized spacial score (nSPS) is 23.4. The topological polar surface area (TPSA) is 23.6 Å². The number of carbonyl (C=O) groups is 1. The lowest BCUT2D eigenvalue weighted by atomic mass is 10.0. The van der Waals surface area contributed by atoms with Crippen molar-refractivity contribution in [2.45, 2.75) is 32.6 Å². The van der Waals surface area contributed by atoms with Gasteiger partial charge in [-0.15, -0.1) is 0 Å². The first-order chi connectivity index (χ1) is 11.2. The third kappa shape index (κ3) is 2.27.